The van der Waals surface area contributed by atoms with Crippen molar-refractivity contribution in [1.29, 1.82) is 0 Å². The lowest BCUT2D eigenvalue weighted by Crippen LogP contribution is -2.60. The molecule has 1 aromatic rings. The standard InChI is InChI=1S/C13H21N5O/c1-9(2)18-5-4-17(7-11(18)13(14)19)12-6-10(3)15-8-16-12/h6,8-9,11H,4-5,7H2,1-3H3,(H2,14,19)/t11-/m1/s1. The zero-order valence-electron chi connectivity index (χ0n) is 11.7. The predicted octanol–water partition coefficient (Wildman–Crippen LogP) is 0.169. The molecular formula is C13H21N5O. The van der Waals surface area contributed by atoms with Crippen LogP contribution in [0.5, 0.6) is 0 Å². The normalized spacial score (nSPS) is 20.8. The molecule has 104 valence electrons. The fraction of sp³-hybridized carbons (Fsp3) is 0.615. The first kappa shape index (κ1) is 13.7. The molecule has 0 radical (unpaired) electrons. The molecule has 1 aliphatic rings. The Kier molecular flexibility index (Phi) is 3.99. The molecule has 1 fully saturated rings. The van der Waals surface area contributed by atoms with Crippen LogP contribution in [0.2, 0.25) is 0 Å². The monoisotopic (exact) mass is 263 g/mol. The van der Waals surface area contributed by atoms with Crippen molar-refractivity contribution in [3.63, 3.8) is 0 Å². The van der Waals surface area contributed by atoms with Crippen LogP contribution in [0.3, 0.4) is 0 Å². The van der Waals surface area contributed by atoms with E-state index in [1.807, 2.05) is 13.0 Å². The minimum atomic E-state index is -0.274. The van der Waals surface area contributed by atoms with Crippen molar-refractivity contribution in [2.75, 3.05) is 24.5 Å². The highest BCUT2D eigenvalue weighted by Gasteiger charge is 2.32. The van der Waals surface area contributed by atoms with Crippen molar-refractivity contribution in [3.8, 4) is 0 Å². The Morgan fingerprint density at radius 2 is 2.16 bits per heavy atom. The van der Waals surface area contributed by atoms with Crippen LogP contribution in [-0.4, -0.2) is 52.5 Å². The zero-order valence-corrected chi connectivity index (χ0v) is 11.7. The molecular weight excluding hydrogens is 242 g/mol. The van der Waals surface area contributed by atoms with Gasteiger partial charge >= 0.3 is 0 Å². The van der Waals surface area contributed by atoms with Gasteiger partial charge in [-0.2, -0.15) is 0 Å². The molecule has 1 saturated heterocycles. The number of hydrogen-bond donors (Lipinski definition) is 1. The van der Waals surface area contributed by atoms with E-state index in [1.165, 1.54) is 0 Å². The topological polar surface area (TPSA) is 75.3 Å². The van der Waals surface area contributed by atoms with Gasteiger partial charge in [0, 0.05) is 37.4 Å². The van der Waals surface area contributed by atoms with E-state index in [1.54, 1.807) is 6.33 Å². The van der Waals surface area contributed by atoms with Gasteiger partial charge in [-0.15, -0.1) is 0 Å². The number of amides is 1. The molecule has 0 unspecified atom stereocenters. The number of piperazine rings is 1. The Morgan fingerprint density at radius 3 is 2.74 bits per heavy atom. The molecule has 2 heterocycles. The van der Waals surface area contributed by atoms with Gasteiger partial charge in [-0.05, 0) is 20.8 Å². The van der Waals surface area contributed by atoms with Gasteiger partial charge in [0.2, 0.25) is 5.91 Å². The molecule has 6 heteroatoms. The molecule has 19 heavy (non-hydrogen) atoms. The molecule has 2 rings (SSSR count). The number of hydrogen-bond acceptors (Lipinski definition) is 5. The third kappa shape index (κ3) is 3.01. The van der Waals surface area contributed by atoms with Crippen molar-refractivity contribution in [3.05, 3.63) is 18.1 Å². The van der Waals surface area contributed by atoms with Crippen LogP contribution in [0.1, 0.15) is 19.5 Å². The van der Waals surface area contributed by atoms with E-state index in [0.717, 1.165) is 24.6 Å². The average molecular weight is 263 g/mol. The fourth-order valence-electron chi connectivity index (χ4n) is 2.49. The Bertz CT molecular complexity index is 462. The third-order valence-corrected chi connectivity index (χ3v) is 3.53. The van der Waals surface area contributed by atoms with Crippen LogP contribution < -0.4 is 10.6 Å². The summed E-state index contributed by atoms with van der Waals surface area (Å²) in [6.45, 7) is 8.35. The number of nitrogens with two attached hydrogens (primary N) is 1. The smallest absolute Gasteiger partial charge is 0.236 e. The van der Waals surface area contributed by atoms with Gasteiger partial charge in [0.1, 0.15) is 18.2 Å². The first-order valence-corrected chi connectivity index (χ1v) is 6.57. The first-order chi connectivity index (χ1) is 8.99. The summed E-state index contributed by atoms with van der Waals surface area (Å²) >= 11 is 0. The van der Waals surface area contributed by atoms with Gasteiger partial charge in [-0.25, -0.2) is 9.97 Å². The van der Waals surface area contributed by atoms with Gasteiger partial charge in [-0.1, -0.05) is 0 Å². The van der Waals surface area contributed by atoms with E-state index in [0.29, 0.717) is 12.6 Å². The quantitative estimate of drug-likeness (QED) is 0.841. The summed E-state index contributed by atoms with van der Waals surface area (Å²) in [5.41, 5.74) is 6.45. The summed E-state index contributed by atoms with van der Waals surface area (Å²) < 4.78 is 0. The number of carbonyl (C=O) groups is 1. The van der Waals surface area contributed by atoms with E-state index < -0.39 is 0 Å². The van der Waals surface area contributed by atoms with Crippen LogP contribution in [0.4, 0.5) is 5.82 Å². The van der Waals surface area contributed by atoms with Gasteiger partial charge in [-0.3, -0.25) is 9.69 Å². The van der Waals surface area contributed by atoms with Crippen LogP contribution in [0.15, 0.2) is 12.4 Å². The van der Waals surface area contributed by atoms with E-state index in [-0.39, 0.29) is 11.9 Å². The summed E-state index contributed by atoms with van der Waals surface area (Å²) in [4.78, 5) is 24.2. The largest absolute Gasteiger partial charge is 0.368 e. The van der Waals surface area contributed by atoms with Crippen molar-refractivity contribution in [1.82, 2.24) is 14.9 Å². The molecule has 1 aliphatic heterocycles. The number of primary amides is 1. The number of rotatable bonds is 3. The number of nitrogens with zero attached hydrogens (tertiary/aromatic N) is 4. The second kappa shape index (κ2) is 5.52. The van der Waals surface area contributed by atoms with Crippen LogP contribution in [-0.2, 0) is 4.79 Å². The second-order valence-corrected chi connectivity index (χ2v) is 5.21. The summed E-state index contributed by atoms with van der Waals surface area (Å²) in [5.74, 6) is 0.589. The van der Waals surface area contributed by atoms with Crippen molar-refractivity contribution in [2.24, 2.45) is 5.73 Å². The van der Waals surface area contributed by atoms with E-state index >= 15 is 0 Å². The van der Waals surface area contributed by atoms with Gasteiger partial charge in [0.15, 0.2) is 0 Å². The zero-order chi connectivity index (χ0) is 14.0. The fourth-order valence-corrected chi connectivity index (χ4v) is 2.49. The number of carbonyl (C=O) groups excluding carboxylic acids is 1. The molecule has 0 aromatic carbocycles. The molecule has 1 amide bonds. The predicted molar refractivity (Wildman–Crippen MR) is 73.8 cm³/mol. The lowest BCUT2D eigenvalue weighted by Gasteiger charge is -2.42. The Morgan fingerprint density at radius 1 is 1.42 bits per heavy atom. The van der Waals surface area contributed by atoms with E-state index in [4.69, 9.17) is 5.73 Å². The summed E-state index contributed by atoms with van der Waals surface area (Å²) in [7, 11) is 0. The number of aromatic nitrogens is 2. The Labute approximate surface area is 113 Å². The number of anilines is 1. The van der Waals surface area contributed by atoms with Crippen molar-refractivity contribution >= 4 is 11.7 Å². The highest BCUT2D eigenvalue weighted by Crippen LogP contribution is 2.18. The van der Waals surface area contributed by atoms with Crippen LogP contribution in [0.25, 0.3) is 0 Å². The van der Waals surface area contributed by atoms with E-state index in [9.17, 15) is 4.79 Å². The van der Waals surface area contributed by atoms with E-state index in [2.05, 4.69) is 33.6 Å². The van der Waals surface area contributed by atoms with Crippen LogP contribution >= 0.6 is 0 Å². The summed E-state index contributed by atoms with van der Waals surface area (Å²) in [6, 6.07) is 1.99. The minimum Gasteiger partial charge on any atom is -0.368 e. The van der Waals surface area contributed by atoms with Gasteiger partial charge in [0.05, 0.1) is 0 Å². The molecule has 0 saturated carbocycles. The maximum Gasteiger partial charge on any atom is 0.236 e. The minimum absolute atomic E-state index is 0.260. The second-order valence-electron chi connectivity index (χ2n) is 5.21. The molecule has 0 bridgehead atoms. The maximum atomic E-state index is 11.6. The molecule has 6 nitrogen and oxygen atoms in total. The van der Waals surface area contributed by atoms with Crippen LogP contribution in [0, 0.1) is 6.92 Å². The third-order valence-electron chi connectivity index (χ3n) is 3.53. The molecule has 2 N–H and O–H groups in total. The Balaban J connectivity index is 2.17. The van der Waals surface area contributed by atoms with Crippen molar-refractivity contribution in [2.45, 2.75) is 32.9 Å². The average Bonchev–Trinajstić information content (AvgIpc) is 2.37. The first-order valence-electron chi connectivity index (χ1n) is 6.57. The Hall–Kier alpha value is -1.69. The summed E-state index contributed by atoms with van der Waals surface area (Å²) in [6.07, 6.45) is 1.55. The van der Waals surface area contributed by atoms with Crippen molar-refractivity contribution < 1.29 is 4.79 Å². The summed E-state index contributed by atoms with van der Waals surface area (Å²) in [5, 5.41) is 0. The molecule has 0 aliphatic carbocycles. The lowest BCUT2D eigenvalue weighted by molar-refractivity contribution is -0.124. The lowest BCUT2D eigenvalue weighted by atomic mass is 10.1. The SMILES string of the molecule is Cc1cc(N2CCN(C(C)C)[C@@H](C(N)=O)C2)ncn1. The highest BCUT2D eigenvalue weighted by molar-refractivity contribution is 5.81. The highest BCUT2D eigenvalue weighted by atomic mass is 16.1. The number of aryl methyl sites for hydroxylation is 1. The molecule has 1 atom stereocenters. The maximum absolute atomic E-state index is 11.6. The van der Waals surface area contributed by atoms with Gasteiger partial charge < -0.3 is 10.6 Å². The molecule has 0 spiro atoms. The van der Waals surface area contributed by atoms with Gasteiger partial charge in [0.25, 0.3) is 0 Å². The molecule has 1 aromatic heterocycles.